The number of alkyl halides is 24. The van der Waals surface area contributed by atoms with Crippen LogP contribution < -0.4 is 0 Å². The number of rotatable bonds is 8. The van der Waals surface area contributed by atoms with Gasteiger partial charge in [0.2, 0.25) is 5.79 Å². The molecule has 0 aromatic carbocycles. The fourth-order valence-corrected chi connectivity index (χ4v) is 4.28. The minimum atomic E-state index is -8.01. The van der Waals surface area contributed by atoms with Crippen molar-refractivity contribution in [3.63, 3.8) is 0 Å². The smallest absolute Gasteiger partial charge is 0.345 e. The molecule has 280 valence electrons. The highest BCUT2D eigenvalue weighted by molar-refractivity contribution is 5.23. The van der Waals surface area contributed by atoms with E-state index in [2.05, 4.69) is 18.9 Å². The molecule has 2 aliphatic heterocycles. The van der Waals surface area contributed by atoms with Crippen LogP contribution in [0.2, 0.25) is 0 Å². The average molecular weight is 760 g/mol. The second kappa shape index (κ2) is 10.3. The second-order valence-electron chi connectivity index (χ2n) is 9.93. The number of halogens is 24. The largest absolute Gasteiger partial charge is 0.437 e. The first-order chi connectivity index (χ1) is 20.1. The van der Waals surface area contributed by atoms with E-state index in [1.54, 1.807) is 0 Å². The van der Waals surface area contributed by atoms with Gasteiger partial charge in [0.05, 0.1) is 13.2 Å². The SMILES string of the molecule is CC1(F)OC(OCCCOC2(C)OC(F)(C(F)(C(F)(F)F)C(F)(F)F)C(F)(F)C2(F)F)(C(F)(C(F)(F)F)C(F)(F)F)C(F)(F)C1(F)F. The Hall–Kier alpha value is -1.84. The molecule has 2 saturated heterocycles. The zero-order valence-corrected chi connectivity index (χ0v) is 21.8. The fourth-order valence-electron chi connectivity index (χ4n) is 4.28. The maximum absolute atomic E-state index is 14.8. The maximum Gasteiger partial charge on any atom is 0.437 e. The van der Waals surface area contributed by atoms with Crippen LogP contribution in [0.5, 0.6) is 0 Å². The third-order valence-electron chi connectivity index (χ3n) is 6.84. The van der Waals surface area contributed by atoms with Gasteiger partial charge >= 0.3 is 65.6 Å². The monoisotopic (exact) mass is 760 g/mol. The van der Waals surface area contributed by atoms with E-state index >= 15 is 0 Å². The lowest BCUT2D eigenvalue weighted by molar-refractivity contribution is -0.474. The molecule has 0 aliphatic carbocycles. The van der Waals surface area contributed by atoms with Crippen molar-refractivity contribution in [2.75, 3.05) is 13.2 Å². The van der Waals surface area contributed by atoms with Crippen molar-refractivity contribution in [3.05, 3.63) is 0 Å². The van der Waals surface area contributed by atoms with E-state index in [0.717, 1.165) is 0 Å². The van der Waals surface area contributed by atoms with Gasteiger partial charge in [-0.2, -0.15) is 87.8 Å². The molecule has 0 amide bonds. The first-order valence-electron chi connectivity index (χ1n) is 11.3. The molecule has 4 nitrogen and oxygen atoms in total. The summed E-state index contributed by atoms with van der Waals surface area (Å²) in [5.41, 5.74) is -15.8. The summed E-state index contributed by atoms with van der Waals surface area (Å²) in [5.74, 6) is -53.8. The van der Waals surface area contributed by atoms with Gasteiger partial charge in [-0.05, 0) is 13.3 Å². The second-order valence-corrected chi connectivity index (χ2v) is 9.93. The Kier molecular flexibility index (Phi) is 9.10. The van der Waals surface area contributed by atoms with Crippen molar-refractivity contribution in [1.82, 2.24) is 0 Å². The van der Waals surface area contributed by atoms with Crippen molar-refractivity contribution in [1.29, 1.82) is 0 Å². The Morgan fingerprint density at radius 3 is 1.13 bits per heavy atom. The molecule has 4 atom stereocenters. The topological polar surface area (TPSA) is 36.9 Å². The van der Waals surface area contributed by atoms with Crippen molar-refractivity contribution < 1.29 is 124 Å². The van der Waals surface area contributed by atoms with Gasteiger partial charge in [-0.25, -0.2) is 17.6 Å². The molecule has 2 aliphatic rings. The van der Waals surface area contributed by atoms with Crippen molar-refractivity contribution in [2.24, 2.45) is 0 Å². The van der Waals surface area contributed by atoms with Crippen LogP contribution in [-0.2, 0) is 18.9 Å². The number of hydrogen-bond donors (Lipinski definition) is 0. The first kappa shape index (κ1) is 41.3. The molecule has 28 heteroatoms. The van der Waals surface area contributed by atoms with Crippen LogP contribution in [0.1, 0.15) is 20.3 Å². The van der Waals surface area contributed by atoms with Gasteiger partial charge in [0.15, 0.2) is 0 Å². The van der Waals surface area contributed by atoms with Gasteiger partial charge in [-0.1, -0.05) is 0 Å². The zero-order chi connectivity index (χ0) is 37.9. The van der Waals surface area contributed by atoms with E-state index in [4.69, 9.17) is 0 Å². The van der Waals surface area contributed by atoms with Gasteiger partial charge in [0.1, 0.15) is 0 Å². The minimum absolute atomic E-state index is 0.818. The molecule has 2 fully saturated rings. The fraction of sp³-hybridized carbons (Fsp3) is 1.00. The highest BCUT2D eigenvalue weighted by atomic mass is 19.4. The van der Waals surface area contributed by atoms with Gasteiger partial charge in [0, 0.05) is 6.92 Å². The van der Waals surface area contributed by atoms with Crippen molar-refractivity contribution in [3.8, 4) is 0 Å². The Morgan fingerprint density at radius 2 is 0.809 bits per heavy atom. The van der Waals surface area contributed by atoms with Crippen molar-refractivity contribution >= 4 is 0 Å². The highest BCUT2D eigenvalue weighted by Gasteiger charge is 3.01. The Balaban J connectivity index is 2.52. The van der Waals surface area contributed by atoms with Crippen LogP contribution in [0, 0.1) is 0 Å². The molecule has 4 unspecified atom stereocenters. The van der Waals surface area contributed by atoms with E-state index in [0.29, 0.717) is 0 Å². The van der Waals surface area contributed by atoms with E-state index in [-0.39, 0.29) is 0 Å². The van der Waals surface area contributed by atoms with Crippen LogP contribution in [0.25, 0.3) is 0 Å². The molecular weight excluding hydrogens is 748 g/mol. The molecule has 47 heavy (non-hydrogen) atoms. The summed E-state index contributed by atoms with van der Waals surface area (Å²) < 4.78 is 342. The lowest BCUT2D eigenvalue weighted by atomic mass is 9.86. The van der Waals surface area contributed by atoms with E-state index in [1.807, 2.05) is 0 Å². The standard InChI is InChI=1S/C19H12F24O4/c1-6(20)10(23,24)13(29,30)15(46-6,9(22,18(38,39)40)19(41,42)43)45-5-3-4-44-7(2)11(25,26)12(27,28)14(31,47-7)8(21,16(32,33)34)17(35,36)37/h3-5H2,1-2H3. The summed E-state index contributed by atoms with van der Waals surface area (Å²) in [5, 5.41) is 0. The third-order valence-corrected chi connectivity index (χ3v) is 6.84. The predicted octanol–water partition coefficient (Wildman–Crippen LogP) is 8.44. The normalized spacial score (nSPS) is 34.6. The van der Waals surface area contributed by atoms with Gasteiger partial charge in [-0.15, -0.1) is 0 Å². The molecule has 0 bridgehead atoms. The van der Waals surface area contributed by atoms with Crippen molar-refractivity contribution in [2.45, 2.75) is 103 Å². The molecule has 0 N–H and O–H groups in total. The van der Waals surface area contributed by atoms with Gasteiger partial charge < -0.3 is 9.47 Å². The van der Waals surface area contributed by atoms with Crippen LogP contribution >= 0.6 is 0 Å². The molecule has 0 aromatic rings. The van der Waals surface area contributed by atoms with E-state index in [1.165, 1.54) is 0 Å². The molecule has 2 rings (SSSR count). The summed E-state index contributed by atoms with van der Waals surface area (Å²) in [7, 11) is 0. The molecule has 0 saturated carbocycles. The number of hydrogen-bond acceptors (Lipinski definition) is 4. The Labute approximate surface area is 242 Å². The van der Waals surface area contributed by atoms with Crippen LogP contribution in [0.3, 0.4) is 0 Å². The molecule has 0 radical (unpaired) electrons. The van der Waals surface area contributed by atoms with Gasteiger partial charge in [0.25, 0.3) is 11.6 Å². The molecule has 2 heterocycles. The third kappa shape index (κ3) is 4.78. The zero-order valence-electron chi connectivity index (χ0n) is 21.8. The molecule has 0 aromatic heterocycles. The quantitative estimate of drug-likeness (QED) is 0.184. The van der Waals surface area contributed by atoms with Crippen LogP contribution in [-0.4, -0.2) is 96.2 Å². The number of ether oxygens (including phenoxy) is 4. The maximum atomic E-state index is 14.8. The summed E-state index contributed by atoms with van der Waals surface area (Å²) >= 11 is 0. The highest BCUT2D eigenvalue weighted by Crippen LogP contribution is 2.70. The lowest BCUT2D eigenvalue weighted by Gasteiger charge is -2.44. The lowest BCUT2D eigenvalue weighted by Crippen LogP contribution is -2.75. The molecular formula is C19H12F24O4. The van der Waals surface area contributed by atoms with Gasteiger partial charge in [-0.3, -0.25) is 9.47 Å². The first-order valence-corrected chi connectivity index (χ1v) is 11.3. The summed E-state index contributed by atoms with van der Waals surface area (Å²) in [4.78, 5) is 0. The van der Waals surface area contributed by atoms with Crippen LogP contribution in [0.15, 0.2) is 0 Å². The summed E-state index contributed by atoms with van der Waals surface area (Å²) in [6.45, 7) is -6.73. The predicted molar refractivity (Wildman–Crippen MR) is 94.9 cm³/mol. The summed E-state index contributed by atoms with van der Waals surface area (Å²) in [6, 6.07) is 0. The summed E-state index contributed by atoms with van der Waals surface area (Å²) in [6.07, 6.45) is -33.5. The molecule has 0 spiro atoms. The Bertz CT molecular complexity index is 1160. The minimum Gasteiger partial charge on any atom is -0.345 e. The Morgan fingerprint density at radius 1 is 0.447 bits per heavy atom. The van der Waals surface area contributed by atoms with E-state index < -0.39 is 116 Å². The van der Waals surface area contributed by atoms with E-state index in [9.17, 15) is 105 Å². The average Bonchev–Trinajstić information content (AvgIpc) is 3.00. The van der Waals surface area contributed by atoms with Crippen LogP contribution in [0.4, 0.5) is 105 Å².